The van der Waals surface area contributed by atoms with E-state index in [9.17, 15) is 14.4 Å². The van der Waals surface area contributed by atoms with Crippen molar-refractivity contribution in [2.75, 3.05) is 19.6 Å². The average Bonchev–Trinajstić information content (AvgIpc) is 2.33. The molecule has 0 aromatic carbocycles. The van der Waals surface area contributed by atoms with Crippen molar-refractivity contribution in [3.63, 3.8) is 0 Å². The van der Waals surface area contributed by atoms with E-state index < -0.39 is 12.0 Å². The van der Waals surface area contributed by atoms with Gasteiger partial charge in [-0.2, -0.15) is 0 Å². The third kappa shape index (κ3) is 12.5. The lowest BCUT2D eigenvalue weighted by molar-refractivity contribution is -0.137. The normalized spacial score (nSPS) is 10.1. The molecule has 0 aliphatic rings. The molecular formula is C12H23N3O4. The number of hydrogen-bond donors (Lipinski definition) is 4. The lowest BCUT2D eigenvalue weighted by atomic mass is 10.2. The first-order chi connectivity index (χ1) is 8.91. The van der Waals surface area contributed by atoms with Crippen LogP contribution in [-0.2, 0) is 9.59 Å². The van der Waals surface area contributed by atoms with Crippen LogP contribution in [0.5, 0.6) is 0 Å². The number of carbonyl (C=O) groups is 3. The Kier molecular flexibility index (Phi) is 9.20. The van der Waals surface area contributed by atoms with Gasteiger partial charge in [-0.05, 0) is 18.8 Å². The number of nitrogens with one attached hydrogen (secondary N) is 3. The highest BCUT2D eigenvalue weighted by atomic mass is 16.4. The summed E-state index contributed by atoms with van der Waals surface area (Å²) in [5.41, 5.74) is 0. The van der Waals surface area contributed by atoms with Gasteiger partial charge in [0.15, 0.2) is 0 Å². The predicted molar refractivity (Wildman–Crippen MR) is 70.7 cm³/mol. The zero-order valence-corrected chi connectivity index (χ0v) is 11.5. The van der Waals surface area contributed by atoms with Gasteiger partial charge in [0.1, 0.15) is 0 Å². The van der Waals surface area contributed by atoms with Gasteiger partial charge in [0.05, 0.1) is 6.54 Å². The van der Waals surface area contributed by atoms with Crippen molar-refractivity contribution < 1.29 is 19.5 Å². The summed E-state index contributed by atoms with van der Waals surface area (Å²) in [6.07, 6.45) is 1.21. The molecule has 7 heteroatoms. The summed E-state index contributed by atoms with van der Waals surface area (Å²) >= 11 is 0. The first kappa shape index (κ1) is 17.2. The van der Waals surface area contributed by atoms with E-state index in [1.165, 1.54) is 0 Å². The maximum atomic E-state index is 11.3. The standard InChI is InChI=1S/C12H23N3O4/c1-9(2)7-14-10(16)8-15-12(19)13-6-4-3-5-11(17)18/h9H,3-8H2,1-2H3,(H,14,16)(H,17,18)(H2,13,15,19). The molecule has 0 saturated carbocycles. The van der Waals surface area contributed by atoms with Crippen LogP contribution >= 0.6 is 0 Å². The van der Waals surface area contributed by atoms with Crippen LogP contribution in [0.4, 0.5) is 4.79 Å². The summed E-state index contributed by atoms with van der Waals surface area (Å²) < 4.78 is 0. The van der Waals surface area contributed by atoms with Crippen molar-refractivity contribution in [3.05, 3.63) is 0 Å². The van der Waals surface area contributed by atoms with Gasteiger partial charge in [-0.1, -0.05) is 13.8 Å². The number of rotatable bonds is 9. The molecule has 0 heterocycles. The lowest BCUT2D eigenvalue weighted by Gasteiger charge is -2.09. The molecule has 0 aromatic heterocycles. The van der Waals surface area contributed by atoms with Crippen LogP contribution in [0, 0.1) is 5.92 Å². The molecule has 3 amide bonds. The first-order valence-electron chi connectivity index (χ1n) is 6.42. The number of aliphatic carboxylic acids is 1. The molecule has 4 N–H and O–H groups in total. The van der Waals surface area contributed by atoms with Gasteiger partial charge in [-0.15, -0.1) is 0 Å². The minimum atomic E-state index is -0.841. The Morgan fingerprint density at radius 1 is 1.05 bits per heavy atom. The SMILES string of the molecule is CC(C)CNC(=O)CNC(=O)NCCCCC(=O)O. The molecule has 0 aliphatic carbocycles. The summed E-state index contributed by atoms with van der Waals surface area (Å²) in [7, 11) is 0. The van der Waals surface area contributed by atoms with E-state index in [2.05, 4.69) is 16.0 Å². The summed E-state index contributed by atoms with van der Waals surface area (Å²) in [5, 5.41) is 16.1. The van der Waals surface area contributed by atoms with Crippen molar-refractivity contribution >= 4 is 17.9 Å². The van der Waals surface area contributed by atoms with Crippen LogP contribution in [0.1, 0.15) is 33.1 Å². The Balaban J connectivity index is 3.48. The minimum absolute atomic E-state index is 0.0618. The highest BCUT2D eigenvalue weighted by molar-refractivity contribution is 5.83. The number of carbonyl (C=O) groups excluding carboxylic acids is 2. The lowest BCUT2D eigenvalue weighted by Crippen LogP contribution is -2.42. The van der Waals surface area contributed by atoms with Gasteiger partial charge >= 0.3 is 12.0 Å². The Morgan fingerprint density at radius 2 is 1.74 bits per heavy atom. The van der Waals surface area contributed by atoms with Gasteiger partial charge < -0.3 is 21.1 Å². The molecule has 7 nitrogen and oxygen atoms in total. The first-order valence-corrected chi connectivity index (χ1v) is 6.42. The molecule has 19 heavy (non-hydrogen) atoms. The monoisotopic (exact) mass is 273 g/mol. The van der Waals surface area contributed by atoms with Crippen molar-refractivity contribution in [3.8, 4) is 0 Å². The second kappa shape index (κ2) is 10.2. The Labute approximate surface area is 113 Å². The van der Waals surface area contributed by atoms with Crippen LogP contribution in [-0.4, -0.2) is 42.6 Å². The van der Waals surface area contributed by atoms with Gasteiger partial charge in [0.25, 0.3) is 0 Å². The fourth-order valence-corrected chi connectivity index (χ4v) is 1.21. The maximum Gasteiger partial charge on any atom is 0.315 e. The maximum absolute atomic E-state index is 11.3. The predicted octanol–water partition coefficient (Wildman–Crippen LogP) is 0.313. The molecule has 0 radical (unpaired) electrons. The molecule has 110 valence electrons. The Morgan fingerprint density at radius 3 is 2.32 bits per heavy atom. The van der Waals surface area contributed by atoms with Gasteiger partial charge in [0, 0.05) is 19.5 Å². The van der Waals surface area contributed by atoms with Crippen molar-refractivity contribution in [1.29, 1.82) is 0 Å². The van der Waals surface area contributed by atoms with Crippen LogP contribution in [0.15, 0.2) is 0 Å². The zero-order chi connectivity index (χ0) is 14.7. The number of carboxylic acids is 1. The molecule has 0 rings (SSSR count). The van der Waals surface area contributed by atoms with E-state index in [4.69, 9.17) is 5.11 Å². The average molecular weight is 273 g/mol. The highest BCUT2D eigenvalue weighted by Crippen LogP contribution is 1.93. The fourth-order valence-electron chi connectivity index (χ4n) is 1.21. The topological polar surface area (TPSA) is 108 Å². The van der Waals surface area contributed by atoms with Crippen LogP contribution in [0.2, 0.25) is 0 Å². The highest BCUT2D eigenvalue weighted by Gasteiger charge is 2.05. The number of carboxylic acid groups (broad SMARTS) is 1. The molecule has 0 spiro atoms. The molecule has 0 unspecified atom stereocenters. The molecule has 0 aromatic rings. The van der Waals surface area contributed by atoms with Gasteiger partial charge in [-0.3, -0.25) is 9.59 Å². The molecule has 0 aliphatic heterocycles. The number of hydrogen-bond acceptors (Lipinski definition) is 3. The molecular weight excluding hydrogens is 250 g/mol. The molecule has 0 bridgehead atoms. The van der Waals surface area contributed by atoms with E-state index in [-0.39, 0.29) is 18.9 Å². The van der Waals surface area contributed by atoms with E-state index >= 15 is 0 Å². The summed E-state index contributed by atoms with van der Waals surface area (Å²) in [6.45, 7) is 4.88. The van der Waals surface area contributed by atoms with Crippen LogP contribution in [0.25, 0.3) is 0 Å². The quantitative estimate of drug-likeness (QED) is 0.453. The van der Waals surface area contributed by atoms with Crippen molar-refractivity contribution in [1.82, 2.24) is 16.0 Å². The fraction of sp³-hybridized carbons (Fsp3) is 0.750. The second-order valence-electron chi connectivity index (χ2n) is 4.66. The van der Waals surface area contributed by atoms with E-state index in [1.54, 1.807) is 0 Å². The largest absolute Gasteiger partial charge is 0.481 e. The summed E-state index contributed by atoms with van der Waals surface area (Å²) in [4.78, 5) is 32.8. The van der Waals surface area contributed by atoms with Gasteiger partial charge in [-0.25, -0.2) is 4.79 Å². The number of unbranched alkanes of at least 4 members (excludes halogenated alkanes) is 1. The van der Waals surface area contributed by atoms with Crippen molar-refractivity contribution in [2.45, 2.75) is 33.1 Å². The van der Waals surface area contributed by atoms with Gasteiger partial charge in [0.2, 0.25) is 5.91 Å². The molecule has 0 atom stereocenters. The van der Waals surface area contributed by atoms with E-state index in [1.807, 2.05) is 13.8 Å². The summed E-state index contributed by atoms with van der Waals surface area (Å²) in [5.74, 6) is -0.701. The Bertz CT molecular complexity index is 305. The Hall–Kier alpha value is -1.79. The second-order valence-corrected chi connectivity index (χ2v) is 4.66. The van der Waals surface area contributed by atoms with Crippen LogP contribution in [0.3, 0.4) is 0 Å². The zero-order valence-electron chi connectivity index (χ0n) is 11.5. The third-order valence-electron chi connectivity index (χ3n) is 2.22. The van der Waals surface area contributed by atoms with E-state index in [0.29, 0.717) is 31.8 Å². The minimum Gasteiger partial charge on any atom is -0.481 e. The number of amides is 3. The molecule has 0 fully saturated rings. The third-order valence-corrected chi connectivity index (χ3v) is 2.22. The summed E-state index contributed by atoms with van der Waals surface area (Å²) in [6, 6.07) is -0.421. The number of urea groups is 1. The van der Waals surface area contributed by atoms with Crippen LogP contribution < -0.4 is 16.0 Å². The molecule has 0 saturated heterocycles. The smallest absolute Gasteiger partial charge is 0.315 e. The van der Waals surface area contributed by atoms with Crippen molar-refractivity contribution in [2.24, 2.45) is 5.92 Å². The van der Waals surface area contributed by atoms with E-state index in [0.717, 1.165) is 0 Å².